The topological polar surface area (TPSA) is 0 Å². The summed E-state index contributed by atoms with van der Waals surface area (Å²) < 4.78 is 0. The van der Waals surface area contributed by atoms with Gasteiger partial charge in [-0.15, -0.1) is 6.58 Å². The molecule has 0 N–H and O–H groups in total. The first-order chi connectivity index (χ1) is 13.9. The van der Waals surface area contributed by atoms with Crippen molar-refractivity contribution in [2.45, 2.75) is 129 Å². The van der Waals surface area contributed by atoms with Gasteiger partial charge < -0.3 is 0 Å². The first-order valence-corrected chi connectivity index (χ1v) is 12.5. The van der Waals surface area contributed by atoms with Crippen LogP contribution in [0, 0.1) is 0 Å². The van der Waals surface area contributed by atoms with Crippen LogP contribution in [-0.4, -0.2) is 0 Å². The Morgan fingerprint density at radius 2 is 0.786 bits per heavy atom. The molecule has 0 heterocycles. The normalized spacial score (nSPS) is 12.0. The van der Waals surface area contributed by atoms with Gasteiger partial charge in [0.15, 0.2) is 0 Å². The summed E-state index contributed by atoms with van der Waals surface area (Å²) in [6.07, 6.45) is 41.5. The number of unbranched alkanes of at least 4 members (excludes halogenated alkanes) is 15. The van der Waals surface area contributed by atoms with Gasteiger partial charge in [-0.3, -0.25) is 0 Å². The fraction of sp³-hybridized carbons (Fsp3) is 0.714. The average molecular weight is 387 g/mol. The van der Waals surface area contributed by atoms with Crippen molar-refractivity contribution in [1.29, 1.82) is 0 Å². The minimum atomic E-state index is 1.08. The molecule has 0 heteroatoms. The molecule has 0 spiro atoms. The number of allylic oxidation sites excluding steroid dienone is 7. The molecule has 0 aromatic rings. The van der Waals surface area contributed by atoms with E-state index in [0.29, 0.717) is 0 Å². The van der Waals surface area contributed by atoms with Crippen LogP contribution in [0.3, 0.4) is 0 Å². The maximum atomic E-state index is 3.78. The predicted octanol–water partition coefficient (Wildman–Crippen LogP) is 10.3. The Labute approximate surface area is 178 Å². The monoisotopic (exact) mass is 386 g/mol. The van der Waals surface area contributed by atoms with Crippen molar-refractivity contribution in [1.82, 2.24) is 0 Å². The lowest BCUT2D eigenvalue weighted by atomic mass is 10.0. The van der Waals surface area contributed by atoms with Crippen molar-refractivity contribution in [3.8, 4) is 0 Å². The maximum Gasteiger partial charge on any atom is -0.0169 e. The van der Waals surface area contributed by atoms with Crippen molar-refractivity contribution < 1.29 is 0 Å². The average Bonchev–Trinajstić information content (AvgIpc) is 2.71. The summed E-state index contributed by atoms with van der Waals surface area (Å²) in [5, 5.41) is 0. The summed E-state index contributed by atoms with van der Waals surface area (Å²) >= 11 is 0. The van der Waals surface area contributed by atoms with Gasteiger partial charge in [-0.1, -0.05) is 127 Å². The molecule has 0 radical (unpaired) electrons. The van der Waals surface area contributed by atoms with E-state index in [1.54, 1.807) is 0 Å². The highest BCUT2D eigenvalue weighted by Crippen LogP contribution is 2.13. The van der Waals surface area contributed by atoms with Crippen LogP contribution in [0.1, 0.15) is 129 Å². The maximum absolute atomic E-state index is 3.78. The molecular formula is C28H50. The number of hydrogen-bond donors (Lipinski definition) is 0. The molecule has 0 saturated heterocycles. The Bertz CT molecular complexity index is 371. The van der Waals surface area contributed by atoms with Gasteiger partial charge in [-0.05, 0) is 44.9 Å². The van der Waals surface area contributed by atoms with Crippen LogP contribution < -0.4 is 0 Å². The molecule has 162 valence electrons. The highest BCUT2D eigenvalue weighted by atomic mass is 14.0. The summed E-state index contributed by atoms with van der Waals surface area (Å²) in [4.78, 5) is 0. The van der Waals surface area contributed by atoms with E-state index >= 15 is 0 Å². The molecule has 0 amide bonds. The first-order valence-electron chi connectivity index (χ1n) is 12.5. The summed E-state index contributed by atoms with van der Waals surface area (Å²) in [6, 6.07) is 0. The van der Waals surface area contributed by atoms with Crippen LogP contribution in [0.2, 0.25) is 0 Å². The summed E-state index contributed by atoms with van der Waals surface area (Å²) in [7, 11) is 0. The van der Waals surface area contributed by atoms with E-state index < -0.39 is 0 Å². The molecule has 0 aromatic carbocycles. The summed E-state index contributed by atoms with van der Waals surface area (Å²) in [6.45, 7) is 5.96. The summed E-state index contributed by atoms with van der Waals surface area (Å²) in [5.74, 6) is 0. The van der Waals surface area contributed by atoms with Gasteiger partial charge in [-0.2, -0.15) is 0 Å². The minimum absolute atomic E-state index is 1.08. The molecular weight excluding hydrogens is 336 g/mol. The van der Waals surface area contributed by atoms with Gasteiger partial charge in [0.2, 0.25) is 0 Å². The van der Waals surface area contributed by atoms with Crippen molar-refractivity contribution in [2.24, 2.45) is 0 Å². The first kappa shape index (κ1) is 27.0. The van der Waals surface area contributed by atoms with Crippen molar-refractivity contribution in [3.05, 3.63) is 49.1 Å². The van der Waals surface area contributed by atoms with Gasteiger partial charge in [0, 0.05) is 0 Å². The zero-order chi connectivity index (χ0) is 20.4. The lowest BCUT2D eigenvalue weighted by Gasteiger charge is -2.03. The Morgan fingerprint density at radius 3 is 1.21 bits per heavy atom. The molecule has 0 aliphatic carbocycles. The van der Waals surface area contributed by atoms with E-state index in [4.69, 9.17) is 0 Å². The summed E-state index contributed by atoms with van der Waals surface area (Å²) in [5.41, 5.74) is 0. The molecule has 0 unspecified atom stereocenters. The van der Waals surface area contributed by atoms with Crippen LogP contribution in [0.5, 0.6) is 0 Å². The Kier molecular flexibility index (Phi) is 25.0. The lowest BCUT2D eigenvalue weighted by Crippen LogP contribution is -1.83. The fourth-order valence-electron chi connectivity index (χ4n) is 3.50. The van der Waals surface area contributed by atoms with E-state index in [1.807, 2.05) is 6.08 Å². The van der Waals surface area contributed by atoms with Crippen molar-refractivity contribution in [2.75, 3.05) is 0 Å². The number of rotatable bonds is 22. The van der Waals surface area contributed by atoms with E-state index in [2.05, 4.69) is 50.0 Å². The molecule has 0 aliphatic rings. The molecule has 0 fully saturated rings. The molecule has 0 rings (SSSR count). The van der Waals surface area contributed by atoms with Gasteiger partial charge in [0.25, 0.3) is 0 Å². The minimum Gasteiger partial charge on any atom is -0.103 e. The predicted molar refractivity (Wildman–Crippen MR) is 131 cm³/mol. The smallest absolute Gasteiger partial charge is 0.0169 e. The largest absolute Gasteiger partial charge is 0.103 e. The Morgan fingerprint density at radius 1 is 0.429 bits per heavy atom. The molecule has 0 nitrogen and oxygen atoms in total. The van der Waals surface area contributed by atoms with Gasteiger partial charge in [0.05, 0.1) is 0 Å². The molecule has 0 aliphatic heterocycles. The quantitative estimate of drug-likeness (QED) is 0.128. The molecule has 0 saturated carbocycles. The second-order valence-corrected chi connectivity index (χ2v) is 8.11. The number of hydrogen-bond acceptors (Lipinski definition) is 0. The van der Waals surface area contributed by atoms with Crippen LogP contribution >= 0.6 is 0 Å². The Balaban J connectivity index is 3.12. The van der Waals surface area contributed by atoms with E-state index in [0.717, 1.165) is 19.3 Å². The second-order valence-electron chi connectivity index (χ2n) is 8.11. The zero-order valence-electron chi connectivity index (χ0n) is 19.2. The van der Waals surface area contributed by atoms with E-state index in [9.17, 15) is 0 Å². The highest BCUT2D eigenvalue weighted by molar-refractivity contribution is 4.96. The molecule has 0 aromatic heterocycles. The van der Waals surface area contributed by atoms with Crippen molar-refractivity contribution in [3.63, 3.8) is 0 Å². The van der Waals surface area contributed by atoms with Crippen LogP contribution in [-0.2, 0) is 0 Å². The third-order valence-corrected chi connectivity index (χ3v) is 5.31. The van der Waals surface area contributed by atoms with E-state index in [1.165, 1.54) is 103 Å². The SMILES string of the molecule is C=CCCCCCCCCCCCCCCCCC=CCC=CCC=CCC. The van der Waals surface area contributed by atoms with Crippen LogP contribution in [0.4, 0.5) is 0 Å². The zero-order valence-corrected chi connectivity index (χ0v) is 19.2. The van der Waals surface area contributed by atoms with Crippen LogP contribution in [0.25, 0.3) is 0 Å². The molecule has 0 atom stereocenters. The molecule has 0 bridgehead atoms. The fourth-order valence-corrected chi connectivity index (χ4v) is 3.50. The van der Waals surface area contributed by atoms with Gasteiger partial charge >= 0.3 is 0 Å². The second kappa shape index (κ2) is 26.0. The lowest BCUT2D eigenvalue weighted by molar-refractivity contribution is 0.534. The van der Waals surface area contributed by atoms with E-state index in [-0.39, 0.29) is 0 Å². The van der Waals surface area contributed by atoms with Gasteiger partial charge in [0.1, 0.15) is 0 Å². The molecule has 28 heavy (non-hydrogen) atoms. The highest BCUT2D eigenvalue weighted by Gasteiger charge is 1.94. The van der Waals surface area contributed by atoms with Gasteiger partial charge in [-0.25, -0.2) is 0 Å². The van der Waals surface area contributed by atoms with Crippen molar-refractivity contribution >= 4 is 0 Å². The third kappa shape index (κ3) is 25.0. The van der Waals surface area contributed by atoms with Crippen LogP contribution in [0.15, 0.2) is 49.1 Å². The standard InChI is InChI=1S/C28H50/c1-3-5-7-9-11-13-15-17-19-21-23-25-27-28-26-24-22-20-18-16-14-12-10-8-6-4-2/h3,6,8,12,14,18,20H,1,4-5,7,9-11,13,15-17,19,21-28H2,2H3. The third-order valence-electron chi connectivity index (χ3n) is 5.31. The Hall–Kier alpha value is -1.04.